The molecule has 4 aliphatic heterocycles. The van der Waals surface area contributed by atoms with Crippen LogP contribution in [0.2, 0.25) is 0 Å². The Morgan fingerprint density at radius 3 is 1.15 bits per heavy atom. The SMILES string of the molecule is Cc1cc([N+](=O)[O-])cc2c1OC1(C=C2)N(Cc2ccc([N+](=O)[O-])cc2)c2ccccc2C1(C)C.Cc1cc([N+](=O)[O-])cc2c1OC1(C=C2)N(Cc2ccc([N+](=O)[O-])cc2)c2ccccc2C1(C)C. The first-order chi connectivity index (χ1) is 32.3. The highest BCUT2D eigenvalue weighted by molar-refractivity contribution is 5.76. The van der Waals surface area contributed by atoms with Crippen molar-refractivity contribution in [1.29, 1.82) is 0 Å². The predicted octanol–water partition coefficient (Wildman–Crippen LogP) is 11.8. The molecule has 4 heterocycles. The van der Waals surface area contributed by atoms with Crippen molar-refractivity contribution in [3.8, 4) is 11.5 Å². The molecule has 0 amide bonds. The molecule has 0 saturated heterocycles. The maximum Gasteiger partial charge on any atom is 0.270 e. The Balaban J connectivity index is 0.000000170. The zero-order chi connectivity index (χ0) is 48.5. The summed E-state index contributed by atoms with van der Waals surface area (Å²) in [5.74, 6) is 1.23. The first kappa shape index (κ1) is 44.8. The Bertz CT molecular complexity index is 2940. The molecule has 68 heavy (non-hydrogen) atoms. The summed E-state index contributed by atoms with van der Waals surface area (Å²) in [7, 11) is 0. The third-order valence-electron chi connectivity index (χ3n) is 13.8. The topological polar surface area (TPSA) is 198 Å². The number of anilines is 2. The molecule has 0 aliphatic carbocycles. The number of para-hydroxylation sites is 2. The number of ether oxygens (including phenoxy) is 2. The van der Waals surface area contributed by atoms with E-state index in [1.807, 2.05) is 74.5 Å². The van der Waals surface area contributed by atoms with E-state index in [0.717, 1.165) is 33.6 Å². The Kier molecular flexibility index (Phi) is 10.7. The van der Waals surface area contributed by atoms with Gasteiger partial charge in [0.05, 0.1) is 30.5 Å². The second-order valence-corrected chi connectivity index (χ2v) is 18.4. The van der Waals surface area contributed by atoms with Gasteiger partial charge in [0.2, 0.25) is 11.4 Å². The fourth-order valence-corrected chi connectivity index (χ4v) is 10.2. The van der Waals surface area contributed by atoms with Gasteiger partial charge >= 0.3 is 0 Å². The molecule has 2 unspecified atom stereocenters. The molecule has 6 aromatic carbocycles. The van der Waals surface area contributed by atoms with Gasteiger partial charge in [0.1, 0.15) is 11.5 Å². The number of nitro benzene ring substituents is 4. The van der Waals surface area contributed by atoms with E-state index >= 15 is 0 Å². The van der Waals surface area contributed by atoms with Crippen molar-refractivity contribution in [2.24, 2.45) is 0 Å². The van der Waals surface area contributed by atoms with Crippen molar-refractivity contribution >= 4 is 46.3 Å². The van der Waals surface area contributed by atoms with Crippen LogP contribution < -0.4 is 19.3 Å². The third-order valence-corrected chi connectivity index (χ3v) is 13.8. The van der Waals surface area contributed by atoms with Crippen LogP contribution in [-0.4, -0.2) is 31.1 Å². The van der Waals surface area contributed by atoms with Gasteiger partial charge in [-0.3, -0.25) is 40.5 Å². The first-order valence-electron chi connectivity index (χ1n) is 21.8. The van der Waals surface area contributed by atoms with Gasteiger partial charge < -0.3 is 19.3 Å². The maximum absolute atomic E-state index is 11.4. The third kappa shape index (κ3) is 7.07. The number of rotatable bonds is 8. The monoisotopic (exact) mass is 914 g/mol. The smallest absolute Gasteiger partial charge is 0.270 e. The number of aryl methyl sites for hydroxylation is 2. The van der Waals surface area contributed by atoms with Crippen LogP contribution in [0.15, 0.2) is 133 Å². The fourth-order valence-electron chi connectivity index (χ4n) is 10.2. The van der Waals surface area contributed by atoms with Crippen molar-refractivity contribution in [1.82, 2.24) is 0 Å². The van der Waals surface area contributed by atoms with E-state index in [1.54, 1.807) is 24.3 Å². The molecule has 2 atom stereocenters. The van der Waals surface area contributed by atoms with Gasteiger partial charge in [0, 0.05) is 84.1 Å². The molecule has 0 bridgehead atoms. The van der Waals surface area contributed by atoms with E-state index < -0.39 is 42.0 Å². The number of fused-ring (bicyclic) bond motifs is 4. The molecule has 2 spiro atoms. The number of nitrogens with zero attached hydrogens (tertiary/aromatic N) is 6. The lowest BCUT2D eigenvalue weighted by Crippen LogP contribution is -2.59. The van der Waals surface area contributed by atoms with Crippen molar-refractivity contribution in [2.45, 2.75) is 76.9 Å². The molecule has 0 aromatic heterocycles. The summed E-state index contributed by atoms with van der Waals surface area (Å²) in [6.07, 6.45) is 7.75. The van der Waals surface area contributed by atoms with Crippen LogP contribution >= 0.6 is 0 Å². The maximum atomic E-state index is 11.4. The predicted molar refractivity (Wildman–Crippen MR) is 258 cm³/mol. The largest absolute Gasteiger partial charge is 0.462 e. The van der Waals surface area contributed by atoms with Gasteiger partial charge in [0.25, 0.3) is 22.7 Å². The molecule has 4 aliphatic rings. The highest BCUT2D eigenvalue weighted by Crippen LogP contribution is 2.58. The lowest BCUT2D eigenvalue weighted by molar-refractivity contribution is -0.385. The van der Waals surface area contributed by atoms with Crippen LogP contribution in [0.5, 0.6) is 11.5 Å². The summed E-state index contributed by atoms with van der Waals surface area (Å²) in [4.78, 5) is 47.6. The van der Waals surface area contributed by atoms with E-state index in [-0.39, 0.29) is 22.7 Å². The quantitative estimate of drug-likeness (QED) is 0.104. The number of non-ortho nitro benzene ring substituents is 4. The summed E-state index contributed by atoms with van der Waals surface area (Å²) in [6, 6.07) is 35.4. The van der Waals surface area contributed by atoms with Crippen LogP contribution in [0.4, 0.5) is 34.1 Å². The van der Waals surface area contributed by atoms with Crippen molar-refractivity contribution < 1.29 is 29.2 Å². The Labute approximate surface area is 391 Å². The lowest BCUT2D eigenvalue weighted by Gasteiger charge is -2.47. The second kappa shape index (κ2) is 16.2. The van der Waals surface area contributed by atoms with Crippen molar-refractivity contribution in [3.63, 3.8) is 0 Å². The van der Waals surface area contributed by atoms with E-state index in [4.69, 9.17) is 9.47 Å². The summed E-state index contributed by atoms with van der Waals surface area (Å²) >= 11 is 0. The Morgan fingerprint density at radius 1 is 0.471 bits per heavy atom. The number of benzene rings is 6. The zero-order valence-electron chi connectivity index (χ0n) is 38.0. The van der Waals surface area contributed by atoms with E-state index in [0.29, 0.717) is 46.8 Å². The van der Waals surface area contributed by atoms with Gasteiger partial charge in [0.15, 0.2) is 0 Å². The molecule has 10 rings (SSSR count). The number of nitro groups is 4. The van der Waals surface area contributed by atoms with Gasteiger partial charge in [-0.25, -0.2) is 0 Å². The summed E-state index contributed by atoms with van der Waals surface area (Å²) < 4.78 is 13.6. The Hall–Kier alpha value is -8.40. The number of hydrogen-bond donors (Lipinski definition) is 0. The van der Waals surface area contributed by atoms with Crippen LogP contribution in [0.1, 0.15) is 72.2 Å². The minimum absolute atomic E-state index is 0.0251. The lowest BCUT2D eigenvalue weighted by atomic mass is 9.76. The molecular formula is C52H46N6O10. The first-order valence-corrected chi connectivity index (χ1v) is 21.8. The van der Waals surface area contributed by atoms with E-state index in [2.05, 4.69) is 49.6 Å². The Morgan fingerprint density at radius 2 is 0.809 bits per heavy atom. The van der Waals surface area contributed by atoms with Crippen LogP contribution in [0.25, 0.3) is 12.2 Å². The average molecular weight is 915 g/mol. The minimum Gasteiger partial charge on any atom is -0.462 e. The van der Waals surface area contributed by atoms with Gasteiger partial charge in [-0.1, -0.05) is 60.7 Å². The fraction of sp³-hybridized carbons (Fsp3) is 0.231. The van der Waals surface area contributed by atoms with E-state index in [9.17, 15) is 40.5 Å². The van der Waals surface area contributed by atoms with Crippen molar-refractivity contribution in [2.75, 3.05) is 9.80 Å². The van der Waals surface area contributed by atoms with Gasteiger partial charge in [-0.15, -0.1) is 0 Å². The zero-order valence-corrected chi connectivity index (χ0v) is 38.0. The highest BCUT2D eigenvalue weighted by Gasteiger charge is 2.60. The normalized spacial score (nSPS) is 19.4. The van der Waals surface area contributed by atoms with Crippen LogP contribution in [0, 0.1) is 54.3 Å². The molecular weight excluding hydrogens is 869 g/mol. The molecule has 0 N–H and O–H groups in total. The summed E-state index contributed by atoms with van der Waals surface area (Å²) in [5, 5.41) is 44.9. The summed E-state index contributed by atoms with van der Waals surface area (Å²) in [5.41, 5.74) is 6.19. The van der Waals surface area contributed by atoms with Crippen LogP contribution in [-0.2, 0) is 23.9 Å². The molecule has 0 saturated carbocycles. The number of hydrogen-bond acceptors (Lipinski definition) is 12. The second-order valence-electron chi connectivity index (χ2n) is 18.4. The molecule has 0 fully saturated rings. The molecule has 6 aromatic rings. The molecule has 344 valence electrons. The highest BCUT2D eigenvalue weighted by atomic mass is 16.6. The molecule has 16 heteroatoms. The molecule has 16 nitrogen and oxygen atoms in total. The minimum atomic E-state index is -0.896. The van der Waals surface area contributed by atoms with Gasteiger partial charge in [-0.2, -0.15) is 0 Å². The van der Waals surface area contributed by atoms with E-state index in [1.165, 1.54) is 48.5 Å². The van der Waals surface area contributed by atoms with Crippen molar-refractivity contribution in [3.05, 3.63) is 218 Å². The standard InChI is InChI=1S/2C26H23N3O5/c2*1-17-14-21(29(32)33)15-19-12-13-26(34-24(17)19)25(2,3)22-6-4-5-7-23(22)27(26)16-18-8-10-20(11-9-18)28(30)31/h2*4-15H,16H2,1-3H3. The average Bonchev–Trinajstić information content (AvgIpc) is 3.60. The van der Waals surface area contributed by atoms with Crippen LogP contribution in [0.3, 0.4) is 0 Å². The molecule has 0 radical (unpaired) electrons. The van der Waals surface area contributed by atoms with Gasteiger partial charge in [-0.05, 0) is 111 Å². The summed E-state index contributed by atoms with van der Waals surface area (Å²) in [6.45, 7) is 13.0.